The highest BCUT2D eigenvalue weighted by Crippen LogP contribution is 2.26. The van der Waals surface area contributed by atoms with Gasteiger partial charge in [-0.3, -0.25) is 9.78 Å². The van der Waals surface area contributed by atoms with Gasteiger partial charge in [0.1, 0.15) is 12.1 Å². The van der Waals surface area contributed by atoms with Crippen molar-refractivity contribution in [2.45, 2.75) is 72.9 Å². The summed E-state index contributed by atoms with van der Waals surface area (Å²) in [4.78, 5) is 29.0. The Morgan fingerprint density at radius 2 is 1.91 bits per heavy atom. The van der Waals surface area contributed by atoms with Crippen molar-refractivity contribution in [1.82, 2.24) is 25.1 Å². The van der Waals surface area contributed by atoms with E-state index >= 15 is 0 Å². The van der Waals surface area contributed by atoms with Gasteiger partial charge >= 0.3 is 0 Å². The molecule has 45 heavy (non-hydrogen) atoms. The van der Waals surface area contributed by atoms with Crippen LogP contribution < -0.4 is 10.6 Å². The molecule has 1 aliphatic heterocycles. The van der Waals surface area contributed by atoms with E-state index in [1.54, 1.807) is 25.1 Å². The molecule has 0 spiro atoms. The van der Waals surface area contributed by atoms with Crippen molar-refractivity contribution >= 4 is 29.3 Å². The fourth-order valence-corrected chi connectivity index (χ4v) is 4.65. The van der Waals surface area contributed by atoms with Gasteiger partial charge in [-0.15, -0.1) is 0 Å². The predicted molar refractivity (Wildman–Crippen MR) is 185 cm³/mol. The van der Waals surface area contributed by atoms with Crippen molar-refractivity contribution < 1.29 is 14.0 Å². The van der Waals surface area contributed by atoms with E-state index in [0.29, 0.717) is 30.8 Å². The van der Waals surface area contributed by atoms with Crippen molar-refractivity contribution in [1.29, 1.82) is 5.41 Å². The van der Waals surface area contributed by atoms with E-state index < -0.39 is 6.04 Å². The lowest BCUT2D eigenvalue weighted by atomic mass is 10.1. The molecule has 8 nitrogen and oxygen atoms in total. The van der Waals surface area contributed by atoms with Crippen molar-refractivity contribution in [3.05, 3.63) is 102 Å². The van der Waals surface area contributed by atoms with Crippen LogP contribution in [0.5, 0.6) is 0 Å². The van der Waals surface area contributed by atoms with Crippen LogP contribution in [-0.4, -0.2) is 52.5 Å². The van der Waals surface area contributed by atoms with Crippen LogP contribution in [0, 0.1) is 11.2 Å². The normalized spacial score (nSPS) is 14.4. The van der Waals surface area contributed by atoms with Crippen LogP contribution in [0.4, 0.5) is 4.39 Å². The standard InChI is InChI=1S/C15H21N3O2.C10H13N3.C9H11F.C2H6/c1-4-12(8-16)9-17-14(5-2)15(20)18-11(3)6-7-13(18)10-19;1-11-7-9-5-8-6-12-4-3-10(8)13(9)2;1-2-5-8-6-3-4-7-9(8)10;1-2/h4-5,8,10,13,16-17H,3,6-7,9H2,1-2H3;3-6,11H,7H2,1-2H3;3-4,6-7H,2,5H2,1H3;1-2H3/b12-4+,14-5+,16-8?;;;. The molecule has 3 aromatic rings. The molecular formula is C36H51FN6O2. The number of nitrogens with one attached hydrogen (secondary N) is 3. The molecule has 0 aliphatic carbocycles. The van der Waals surface area contributed by atoms with E-state index in [-0.39, 0.29) is 11.7 Å². The molecule has 1 unspecified atom stereocenters. The van der Waals surface area contributed by atoms with Gasteiger partial charge in [-0.1, -0.05) is 64.1 Å². The zero-order chi connectivity index (χ0) is 33.8. The second-order valence-corrected chi connectivity index (χ2v) is 10.0. The van der Waals surface area contributed by atoms with Crippen LogP contribution in [-0.2, 0) is 29.6 Å². The number of likely N-dealkylation sites (tertiary alicyclic amines) is 1. The number of benzene rings is 1. The number of rotatable bonds is 10. The van der Waals surface area contributed by atoms with Gasteiger partial charge in [0.2, 0.25) is 0 Å². The van der Waals surface area contributed by atoms with Gasteiger partial charge in [0.25, 0.3) is 5.91 Å². The molecule has 0 radical (unpaired) electrons. The highest BCUT2D eigenvalue weighted by atomic mass is 19.1. The zero-order valence-corrected chi connectivity index (χ0v) is 28.0. The van der Waals surface area contributed by atoms with E-state index in [2.05, 4.69) is 39.9 Å². The van der Waals surface area contributed by atoms with Gasteiger partial charge < -0.3 is 30.3 Å². The molecule has 1 atom stereocenters. The Labute approximate surface area is 268 Å². The number of pyridine rings is 1. The average Bonchev–Trinajstić information content (AvgIpc) is 3.60. The monoisotopic (exact) mass is 618 g/mol. The first-order valence-electron chi connectivity index (χ1n) is 15.5. The van der Waals surface area contributed by atoms with Crippen molar-refractivity contribution in [2.75, 3.05) is 13.6 Å². The summed E-state index contributed by atoms with van der Waals surface area (Å²) in [6, 6.07) is 10.7. The molecule has 9 heteroatoms. The smallest absolute Gasteiger partial charge is 0.274 e. The first-order chi connectivity index (χ1) is 21.8. The van der Waals surface area contributed by atoms with E-state index in [1.807, 2.05) is 65.3 Å². The highest BCUT2D eigenvalue weighted by molar-refractivity contribution is 5.96. The fraction of sp³-hybridized carbons (Fsp3) is 0.389. The van der Waals surface area contributed by atoms with Gasteiger partial charge in [-0.25, -0.2) is 4.39 Å². The third-order valence-corrected chi connectivity index (χ3v) is 7.11. The first kappa shape index (κ1) is 38.7. The van der Waals surface area contributed by atoms with Crippen molar-refractivity contribution in [3.8, 4) is 0 Å². The average molecular weight is 619 g/mol. The molecule has 4 rings (SSSR count). The quantitative estimate of drug-likeness (QED) is 0.131. The molecule has 1 amide bonds. The number of carbonyl (C=O) groups excluding carboxylic acids is 2. The van der Waals surface area contributed by atoms with E-state index in [9.17, 15) is 14.0 Å². The van der Waals surface area contributed by atoms with Crippen LogP contribution in [0.1, 0.15) is 65.1 Å². The van der Waals surface area contributed by atoms with Gasteiger partial charge in [0, 0.05) is 55.5 Å². The lowest BCUT2D eigenvalue weighted by Crippen LogP contribution is -2.39. The lowest BCUT2D eigenvalue weighted by molar-refractivity contribution is -0.129. The number of hydrogen-bond donors (Lipinski definition) is 3. The Morgan fingerprint density at radius 3 is 2.47 bits per heavy atom. The maximum atomic E-state index is 12.8. The summed E-state index contributed by atoms with van der Waals surface area (Å²) in [6.45, 7) is 14.8. The Morgan fingerprint density at radius 1 is 1.20 bits per heavy atom. The van der Waals surface area contributed by atoms with Gasteiger partial charge in [0.05, 0.1) is 17.3 Å². The summed E-state index contributed by atoms with van der Waals surface area (Å²) in [7, 11) is 4.03. The molecule has 1 fully saturated rings. The Bertz CT molecular complexity index is 1440. The summed E-state index contributed by atoms with van der Waals surface area (Å²) in [5, 5.41) is 14.6. The molecular weight excluding hydrogens is 567 g/mol. The Balaban J connectivity index is 0.000000348. The minimum atomic E-state index is -0.421. The molecule has 1 saturated heterocycles. The number of hydrogen-bond acceptors (Lipinski definition) is 6. The lowest BCUT2D eigenvalue weighted by Gasteiger charge is -2.23. The summed E-state index contributed by atoms with van der Waals surface area (Å²) < 4.78 is 15.0. The minimum Gasteiger partial charge on any atom is -0.377 e. The molecule has 3 N–H and O–H groups in total. The molecule has 1 aliphatic rings. The zero-order valence-electron chi connectivity index (χ0n) is 28.0. The Hall–Kier alpha value is -4.37. The largest absolute Gasteiger partial charge is 0.377 e. The second-order valence-electron chi connectivity index (χ2n) is 10.0. The van der Waals surface area contributed by atoms with E-state index in [4.69, 9.17) is 5.41 Å². The van der Waals surface area contributed by atoms with Crippen molar-refractivity contribution in [2.24, 2.45) is 7.05 Å². The number of amides is 1. The summed E-state index contributed by atoms with van der Waals surface area (Å²) >= 11 is 0. The first-order valence-corrected chi connectivity index (χ1v) is 15.5. The van der Waals surface area contributed by atoms with Crippen LogP contribution in [0.15, 0.2) is 84.5 Å². The molecule has 0 bridgehead atoms. The third kappa shape index (κ3) is 11.6. The molecule has 1 aromatic carbocycles. The fourth-order valence-electron chi connectivity index (χ4n) is 4.65. The minimum absolute atomic E-state index is 0.0793. The number of halogens is 1. The third-order valence-electron chi connectivity index (χ3n) is 7.11. The Kier molecular flexibility index (Phi) is 18.3. The number of aldehydes is 1. The maximum absolute atomic E-state index is 12.8. The van der Waals surface area contributed by atoms with Gasteiger partial charge in [0.15, 0.2) is 0 Å². The molecule has 3 heterocycles. The number of aromatic nitrogens is 2. The van der Waals surface area contributed by atoms with Crippen LogP contribution in [0.25, 0.3) is 10.9 Å². The SMILES string of the molecule is C=C1CCC(C=O)N1C(=O)/C(=C\C)NC/C(C=N)=C/C.CC.CCCc1ccccc1F.CNCc1cc2cnccc2n1C. The van der Waals surface area contributed by atoms with E-state index in [1.165, 1.54) is 33.8 Å². The van der Waals surface area contributed by atoms with Crippen LogP contribution in [0.3, 0.4) is 0 Å². The van der Waals surface area contributed by atoms with Crippen LogP contribution >= 0.6 is 0 Å². The number of carbonyl (C=O) groups is 2. The van der Waals surface area contributed by atoms with Crippen molar-refractivity contribution in [3.63, 3.8) is 0 Å². The number of nitrogens with zero attached hydrogens (tertiary/aromatic N) is 3. The van der Waals surface area contributed by atoms with Gasteiger partial charge in [-0.05, 0) is 69.5 Å². The number of aryl methyl sites for hydroxylation is 2. The molecule has 244 valence electrons. The summed E-state index contributed by atoms with van der Waals surface area (Å²) in [5.41, 5.74) is 5.22. The summed E-state index contributed by atoms with van der Waals surface area (Å²) in [5.74, 6) is -0.322. The van der Waals surface area contributed by atoms with Crippen LogP contribution in [0.2, 0.25) is 0 Å². The van der Waals surface area contributed by atoms with Gasteiger partial charge in [-0.2, -0.15) is 0 Å². The number of allylic oxidation sites excluding steroid dienone is 3. The topological polar surface area (TPSA) is 103 Å². The molecule has 0 saturated carbocycles. The highest BCUT2D eigenvalue weighted by Gasteiger charge is 2.32. The maximum Gasteiger partial charge on any atom is 0.274 e. The molecule has 2 aromatic heterocycles. The van der Waals surface area contributed by atoms with E-state index in [0.717, 1.165) is 36.8 Å². The predicted octanol–water partition coefficient (Wildman–Crippen LogP) is 6.88. The second kappa shape index (κ2) is 21.4. The summed E-state index contributed by atoms with van der Waals surface area (Å²) in [6.07, 6.45) is 12.4. The number of fused-ring (bicyclic) bond motifs is 1.